The highest BCUT2D eigenvalue weighted by molar-refractivity contribution is 9.10. The fraction of sp³-hybridized carbons (Fsp3) is 0.538. The van der Waals surface area contributed by atoms with Crippen LogP contribution in [0.1, 0.15) is 32.6 Å². The molecule has 1 aliphatic rings. The number of hydrogen-bond acceptors (Lipinski definition) is 1. The second kappa shape index (κ2) is 5.42. The van der Waals surface area contributed by atoms with E-state index in [-0.39, 0.29) is 0 Å². The number of halogens is 2. The van der Waals surface area contributed by atoms with Crippen molar-refractivity contribution in [2.45, 2.75) is 38.6 Å². The molecule has 0 radical (unpaired) electrons. The van der Waals surface area contributed by atoms with Gasteiger partial charge in [0.1, 0.15) is 0 Å². The molecule has 0 heterocycles. The first-order chi connectivity index (χ1) is 7.69. The van der Waals surface area contributed by atoms with E-state index >= 15 is 0 Å². The standard InChI is InChI=1S/C13H17BrClN/c1-2-9-3-4-10(7-9)16-11-5-6-13(15)12(14)8-11/h5-6,8-10,16H,2-4,7H2,1H3. The predicted octanol–water partition coefficient (Wildman–Crippen LogP) is 5.09. The minimum atomic E-state index is 0.637. The zero-order valence-electron chi connectivity index (χ0n) is 9.47. The Balaban J connectivity index is 1.97. The lowest BCUT2D eigenvalue weighted by atomic mass is 10.1. The number of rotatable bonds is 3. The van der Waals surface area contributed by atoms with Gasteiger partial charge in [-0.1, -0.05) is 24.9 Å². The lowest BCUT2D eigenvalue weighted by Crippen LogP contribution is -2.15. The van der Waals surface area contributed by atoms with E-state index < -0.39 is 0 Å². The van der Waals surface area contributed by atoms with Gasteiger partial charge in [0.25, 0.3) is 0 Å². The lowest BCUT2D eigenvalue weighted by molar-refractivity contribution is 0.525. The van der Waals surface area contributed by atoms with Crippen LogP contribution in [-0.2, 0) is 0 Å². The molecule has 16 heavy (non-hydrogen) atoms. The van der Waals surface area contributed by atoms with Crippen LogP contribution in [0.3, 0.4) is 0 Å². The van der Waals surface area contributed by atoms with Crippen molar-refractivity contribution in [1.29, 1.82) is 0 Å². The second-order valence-corrected chi connectivity index (χ2v) is 5.82. The fourth-order valence-corrected chi connectivity index (χ4v) is 2.89. The minimum Gasteiger partial charge on any atom is -0.382 e. The van der Waals surface area contributed by atoms with E-state index in [2.05, 4.69) is 34.2 Å². The molecule has 1 aromatic carbocycles. The maximum Gasteiger partial charge on any atom is 0.0549 e. The van der Waals surface area contributed by atoms with E-state index in [1.165, 1.54) is 25.7 Å². The van der Waals surface area contributed by atoms with Gasteiger partial charge in [-0.15, -0.1) is 0 Å². The van der Waals surface area contributed by atoms with E-state index in [1.807, 2.05) is 12.1 Å². The molecule has 0 spiro atoms. The van der Waals surface area contributed by atoms with E-state index in [9.17, 15) is 0 Å². The molecule has 0 bridgehead atoms. The average molecular weight is 303 g/mol. The van der Waals surface area contributed by atoms with Crippen molar-refractivity contribution >= 4 is 33.2 Å². The molecule has 2 rings (SSSR count). The zero-order chi connectivity index (χ0) is 11.5. The third kappa shape index (κ3) is 2.92. The SMILES string of the molecule is CCC1CCC(Nc2ccc(Cl)c(Br)c2)C1. The van der Waals surface area contributed by atoms with E-state index in [0.717, 1.165) is 21.1 Å². The summed E-state index contributed by atoms with van der Waals surface area (Å²) in [5.74, 6) is 0.910. The van der Waals surface area contributed by atoms with Crippen molar-refractivity contribution in [1.82, 2.24) is 0 Å². The highest BCUT2D eigenvalue weighted by Gasteiger charge is 2.22. The monoisotopic (exact) mass is 301 g/mol. The van der Waals surface area contributed by atoms with Gasteiger partial charge in [-0.25, -0.2) is 0 Å². The largest absolute Gasteiger partial charge is 0.382 e. The molecule has 0 amide bonds. The summed E-state index contributed by atoms with van der Waals surface area (Å²) in [6.45, 7) is 2.28. The maximum atomic E-state index is 5.97. The minimum absolute atomic E-state index is 0.637. The average Bonchev–Trinajstić information content (AvgIpc) is 2.71. The summed E-state index contributed by atoms with van der Waals surface area (Å²) in [6, 6.07) is 6.67. The normalized spacial score (nSPS) is 24.7. The van der Waals surface area contributed by atoms with Crippen molar-refractivity contribution in [3.63, 3.8) is 0 Å². The molecule has 0 aromatic heterocycles. The Kier molecular flexibility index (Phi) is 4.15. The van der Waals surface area contributed by atoms with Crippen molar-refractivity contribution in [2.75, 3.05) is 5.32 Å². The van der Waals surface area contributed by atoms with Crippen LogP contribution in [0.5, 0.6) is 0 Å². The fourth-order valence-electron chi connectivity index (χ4n) is 2.40. The number of nitrogens with one attached hydrogen (secondary N) is 1. The Hall–Kier alpha value is -0.210. The van der Waals surface area contributed by atoms with E-state index in [1.54, 1.807) is 0 Å². The molecule has 1 aromatic rings. The second-order valence-electron chi connectivity index (χ2n) is 4.56. The van der Waals surface area contributed by atoms with Crippen molar-refractivity contribution < 1.29 is 0 Å². The highest BCUT2D eigenvalue weighted by Crippen LogP contribution is 2.31. The third-order valence-electron chi connectivity index (χ3n) is 3.41. The molecule has 88 valence electrons. The summed E-state index contributed by atoms with van der Waals surface area (Å²) in [5.41, 5.74) is 1.16. The Morgan fingerprint density at radius 2 is 2.25 bits per heavy atom. The van der Waals surface area contributed by atoms with Gasteiger partial charge >= 0.3 is 0 Å². The smallest absolute Gasteiger partial charge is 0.0549 e. The topological polar surface area (TPSA) is 12.0 Å². The summed E-state index contributed by atoms with van der Waals surface area (Å²) in [6.07, 6.45) is 5.26. The van der Waals surface area contributed by atoms with Gasteiger partial charge in [0, 0.05) is 16.2 Å². The van der Waals surface area contributed by atoms with Gasteiger partial charge < -0.3 is 5.32 Å². The van der Waals surface area contributed by atoms with Crippen molar-refractivity contribution in [2.24, 2.45) is 5.92 Å². The molecule has 2 unspecified atom stereocenters. The van der Waals surface area contributed by atoms with Gasteiger partial charge in [-0.2, -0.15) is 0 Å². The molecule has 1 fully saturated rings. The first kappa shape index (κ1) is 12.3. The van der Waals surface area contributed by atoms with Crippen LogP contribution in [0.2, 0.25) is 5.02 Å². The van der Waals surface area contributed by atoms with Gasteiger partial charge in [-0.3, -0.25) is 0 Å². The van der Waals surface area contributed by atoms with Crippen LogP contribution in [0.4, 0.5) is 5.69 Å². The number of anilines is 1. The van der Waals surface area contributed by atoms with Crippen LogP contribution >= 0.6 is 27.5 Å². The maximum absolute atomic E-state index is 5.97. The predicted molar refractivity (Wildman–Crippen MR) is 74.2 cm³/mol. The first-order valence-electron chi connectivity index (χ1n) is 5.90. The lowest BCUT2D eigenvalue weighted by Gasteiger charge is -2.14. The quantitative estimate of drug-likeness (QED) is 0.819. The summed E-state index contributed by atoms with van der Waals surface area (Å²) in [7, 11) is 0. The number of benzene rings is 1. The van der Waals surface area contributed by atoms with Gasteiger partial charge in [0.05, 0.1) is 5.02 Å². The van der Waals surface area contributed by atoms with Crippen LogP contribution in [0.15, 0.2) is 22.7 Å². The Morgan fingerprint density at radius 3 is 2.88 bits per heavy atom. The molecule has 0 saturated heterocycles. The molecular formula is C13H17BrClN. The molecule has 1 aliphatic carbocycles. The van der Waals surface area contributed by atoms with Gasteiger partial charge in [0.15, 0.2) is 0 Å². The van der Waals surface area contributed by atoms with Crippen LogP contribution < -0.4 is 5.32 Å². The van der Waals surface area contributed by atoms with Crippen molar-refractivity contribution in [3.05, 3.63) is 27.7 Å². The molecule has 3 heteroatoms. The molecule has 0 aliphatic heterocycles. The molecular weight excluding hydrogens is 286 g/mol. The number of hydrogen-bond donors (Lipinski definition) is 1. The molecule has 1 nitrogen and oxygen atoms in total. The van der Waals surface area contributed by atoms with Crippen LogP contribution in [-0.4, -0.2) is 6.04 Å². The zero-order valence-corrected chi connectivity index (χ0v) is 11.8. The highest BCUT2D eigenvalue weighted by atomic mass is 79.9. The van der Waals surface area contributed by atoms with Crippen molar-refractivity contribution in [3.8, 4) is 0 Å². The van der Waals surface area contributed by atoms with Crippen LogP contribution in [0, 0.1) is 5.92 Å². The molecule has 1 N–H and O–H groups in total. The molecule has 2 atom stereocenters. The Morgan fingerprint density at radius 1 is 1.44 bits per heavy atom. The first-order valence-corrected chi connectivity index (χ1v) is 7.07. The Labute approximate surface area is 111 Å². The van der Waals surface area contributed by atoms with E-state index in [0.29, 0.717) is 6.04 Å². The molecule has 1 saturated carbocycles. The third-order valence-corrected chi connectivity index (χ3v) is 4.62. The summed E-state index contributed by atoms with van der Waals surface area (Å²) >= 11 is 9.42. The van der Waals surface area contributed by atoms with E-state index in [4.69, 9.17) is 11.6 Å². The summed E-state index contributed by atoms with van der Waals surface area (Å²) < 4.78 is 0.962. The van der Waals surface area contributed by atoms with Gasteiger partial charge in [-0.05, 0) is 59.3 Å². The summed E-state index contributed by atoms with van der Waals surface area (Å²) in [5, 5.41) is 4.35. The summed E-state index contributed by atoms with van der Waals surface area (Å²) in [4.78, 5) is 0. The van der Waals surface area contributed by atoms with Gasteiger partial charge in [0.2, 0.25) is 0 Å². The Bertz CT molecular complexity index is 367. The van der Waals surface area contributed by atoms with Crippen LogP contribution in [0.25, 0.3) is 0 Å².